The first-order valence-corrected chi connectivity index (χ1v) is 6.10. The van der Waals surface area contributed by atoms with Crippen molar-refractivity contribution in [1.82, 2.24) is 4.57 Å². The fourth-order valence-electron chi connectivity index (χ4n) is 2.50. The third-order valence-electron chi connectivity index (χ3n) is 3.60. The van der Waals surface area contributed by atoms with Crippen LogP contribution in [0.5, 0.6) is 5.75 Å². The minimum atomic E-state index is -0.702. The molecular formula is C14H11F2NO3. The first-order valence-electron chi connectivity index (χ1n) is 6.10. The molecule has 6 heteroatoms. The Morgan fingerprint density at radius 1 is 1.55 bits per heavy atom. The Bertz CT molecular complexity index is 782. The summed E-state index contributed by atoms with van der Waals surface area (Å²) in [4.78, 5) is 23.1. The summed E-state index contributed by atoms with van der Waals surface area (Å²) in [6.07, 6.45) is 1.71. The van der Waals surface area contributed by atoms with Crippen LogP contribution in [0.2, 0.25) is 0 Å². The van der Waals surface area contributed by atoms with Crippen molar-refractivity contribution in [2.75, 3.05) is 13.3 Å². The van der Waals surface area contributed by atoms with Crippen molar-refractivity contribution in [2.24, 2.45) is 0 Å². The van der Waals surface area contributed by atoms with Crippen LogP contribution in [0.15, 0.2) is 17.1 Å². The van der Waals surface area contributed by atoms with E-state index in [0.717, 1.165) is 6.07 Å². The van der Waals surface area contributed by atoms with Crippen LogP contribution in [0.3, 0.4) is 0 Å². The number of ether oxygens (including phenoxy) is 1. The molecule has 1 aromatic carbocycles. The molecular weight excluding hydrogens is 268 g/mol. The molecule has 0 aliphatic carbocycles. The van der Waals surface area contributed by atoms with E-state index in [1.54, 1.807) is 0 Å². The van der Waals surface area contributed by atoms with Crippen molar-refractivity contribution in [3.05, 3.63) is 39.4 Å². The molecule has 0 radical (unpaired) electrons. The van der Waals surface area contributed by atoms with Gasteiger partial charge in [0.05, 0.1) is 22.5 Å². The van der Waals surface area contributed by atoms with Crippen molar-refractivity contribution >= 4 is 17.2 Å². The number of nitrogens with zero attached hydrogens (tertiary/aromatic N) is 1. The van der Waals surface area contributed by atoms with Gasteiger partial charge < -0.3 is 9.30 Å². The van der Waals surface area contributed by atoms with E-state index in [1.807, 2.05) is 0 Å². The molecule has 0 unspecified atom stereocenters. The van der Waals surface area contributed by atoms with Gasteiger partial charge in [-0.25, -0.2) is 8.78 Å². The number of carbonyl (C=O) groups is 1. The molecule has 0 spiro atoms. The Kier molecular flexibility index (Phi) is 2.81. The van der Waals surface area contributed by atoms with E-state index in [4.69, 9.17) is 4.74 Å². The van der Waals surface area contributed by atoms with Crippen molar-refractivity contribution < 1.29 is 18.3 Å². The Morgan fingerprint density at radius 2 is 2.30 bits per heavy atom. The Hall–Kier alpha value is -2.24. The van der Waals surface area contributed by atoms with Gasteiger partial charge in [-0.3, -0.25) is 9.59 Å². The molecule has 104 valence electrons. The number of benzene rings is 1. The van der Waals surface area contributed by atoms with Gasteiger partial charge in [0.25, 0.3) is 0 Å². The molecule has 4 nitrogen and oxygen atoms in total. The molecule has 0 amide bonds. The van der Waals surface area contributed by atoms with Crippen LogP contribution < -0.4 is 10.2 Å². The minimum absolute atomic E-state index is 0.0318. The minimum Gasteiger partial charge on any atom is -0.489 e. The molecule has 0 saturated heterocycles. The smallest absolute Gasteiger partial charge is 0.200 e. The van der Waals surface area contributed by atoms with E-state index in [9.17, 15) is 18.4 Å². The highest BCUT2D eigenvalue weighted by molar-refractivity contribution is 5.91. The van der Waals surface area contributed by atoms with Gasteiger partial charge in [-0.05, 0) is 13.0 Å². The van der Waals surface area contributed by atoms with Crippen LogP contribution in [-0.2, 0) is 0 Å². The lowest BCUT2D eigenvalue weighted by Crippen LogP contribution is -2.28. The highest BCUT2D eigenvalue weighted by atomic mass is 19.1. The molecule has 0 saturated carbocycles. The fourth-order valence-corrected chi connectivity index (χ4v) is 2.50. The van der Waals surface area contributed by atoms with Gasteiger partial charge in [0.1, 0.15) is 24.8 Å². The van der Waals surface area contributed by atoms with Gasteiger partial charge in [-0.15, -0.1) is 0 Å². The van der Waals surface area contributed by atoms with Gasteiger partial charge in [-0.1, -0.05) is 0 Å². The second kappa shape index (κ2) is 4.40. The predicted octanol–water partition coefficient (Wildman–Crippen LogP) is 2.16. The van der Waals surface area contributed by atoms with E-state index in [0.29, 0.717) is 11.8 Å². The quantitative estimate of drug-likeness (QED) is 0.791. The second-order valence-electron chi connectivity index (χ2n) is 4.77. The number of hydrogen-bond acceptors (Lipinski definition) is 3. The van der Waals surface area contributed by atoms with E-state index in [-0.39, 0.29) is 28.9 Å². The molecule has 3 rings (SSSR count). The van der Waals surface area contributed by atoms with E-state index < -0.39 is 24.0 Å². The number of halogens is 2. The summed E-state index contributed by atoms with van der Waals surface area (Å²) >= 11 is 0. The molecule has 0 bridgehead atoms. The van der Waals surface area contributed by atoms with Gasteiger partial charge in [0.15, 0.2) is 11.7 Å². The van der Waals surface area contributed by atoms with Crippen molar-refractivity contribution in [3.8, 4) is 5.75 Å². The van der Waals surface area contributed by atoms with Gasteiger partial charge in [0, 0.05) is 11.8 Å². The Morgan fingerprint density at radius 3 is 2.95 bits per heavy atom. The average Bonchev–Trinajstić information content (AvgIpc) is 2.46. The number of alkyl halides is 1. The number of pyridine rings is 1. The maximum absolute atomic E-state index is 13.9. The number of rotatable bonds is 2. The average molecular weight is 279 g/mol. The zero-order valence-electron chi connectivity index (χ0n) is 10.7. The maximum Gasteiger partial charge on any atom is 0.200 e. The largest absolute Gasteiger partial charge is 0.489 e. The van der Waals surface area contributed by atoms with Crippen LogP contribution in [-0.4, -0.2) is 24.1 Å². The lowest BCUT2D eigenvalue weighted by atomic mass is 10.0. The molecule has 1 aromatic heterocycles. The standard InChI is InChI=1S/C14H11F2NO3/c1-7-11(16)2-10-12-14(7)20-6-9(3-15)17(12)4-8(5-18)13(10)19/h2,4-5,9H,3,6H2,1H3/t9-/m0/s1. The summed E-state index contributed by atoms with van der Waals surface area (Å²) in [6, 6.07) is 0.443. The normalized spacial score (nSPS) is 17.1. The molecule has 1 atom stereocenters. The van der Waals surface area contributed by atoms with E-state index in [2.05, 4.69) is 0 Å². The third-order valence-corrected chi connectivity index (χ3v) is 3.60. The third kappa shape index (κ3) is 1.57. The lowest BCUT2D eigenvalue weighted by Gasteiger charge is -2.28. The highest BCUT2D eigenvalue weighted by Gasteiger charge is 2.26. The zero-order chi connectivity index (χ0) is 14.4. The Balaban J connectivity index is 2.54. The SMILES string of the molecule is Cc1c(F)cc2c(=O)c(C=O)cn3c2c1OC[C@@H]3CF. The van der Waals surface area contributed by atoms with Crippen molar-refractivity contribution in [1.29, 1.82) is 0 Å². The molecule has 0 N–H and O–H groups in total. The summed E-state index contributed by atoms with van der Waals surface area (Å²) in [7, 11) is 0. The number of aldehydes is 1. The monoisotopic (exact) mass is 279 g/mol. The molecule has 20 heavy (non-hydrogen) atoms. The zero-order valence-corrected chi connectivity index (χ0v) is 10.7. The highest BCUT2D eigenvalue weighted by Crippen LogP contribution is 2.35. The second-order valence-corrected chi connectivity index (χ2v) is 4.77. The van der Waals surface area contributed by atoms with E-state index in [1.165, 1.54) is 17.7 Å². The summed E-state index contributed by atoms with van der Waals surface area (Å²) in [5.41, 5.74) is -0.0863. The number of carbonyl (C=O) groups excluding carboxylic acids is 1. The first-order chi connectivity index (χ1) is 9.58. The molecule has 2 heterocycles. The molecule has 1 aliphatic heterocycles. The number of aromatic nitrogens is 1. The summed E-state index contributed by atoms with van der Waals surface area (Å²) < 4.78 is 33.8. The Labute approximate surface area is 112 Å². The van der Waals surface area contributed by atoms with Crippen LogP contribution in [0.1, 0.15) is 22.0 Å². The molecule has 1 aliphatic rings. The predicted molar refractivity (Wildman–Crippen MR) is 68.8 cm³/mol. The lowest BCUT2D eigenvalue weighted by molar-refractivity contribution is 0.112. The van der Waals surface area contributed by atoms with Gasteiger partial charge in [0.2, 0.25) is 0 Å². The van der Waals surface area contributed by atoms with E-state index >= 15 is 0 Å². The van der Waals surface area contributed by atoms with Crippen LogP contribution in [0.25, 0.3) is 10.9 Å². The van der Waals surface area contributed by atoms with Crippen LogP contribution in [0.4, 0.5) is 8.78 Å². The van der Waals surface area contributed by atoms with Crippen LogP contribution in [0, 0.1) is 12.7 Å². The van der Waals surface area contributed by atoms with Gasteiger partial charge >= 0.3 is 0 Å². The summed E-state index contributed by atoms with van der Waals surface area (Å²) in [5.74, 6) is -0.350. The summed E-state index contributed by atoms with van der Waals surface area (Å²) in [5, 5.41) is 0.0332. The van der Waals surface area contributed by atoms with Gasteiger partial charge in [-0.2, -0.15) is 0 Å². The first kappa shape index (κ1) is 12.8. The fraction of sp³-hybridized carbons (Fsp3) is 0.286. The van der Waals surface area contributed by atoms with Crippen molar-refractivity contribution in [3.63, 3.8) is 0 Å². The molecule has 0 fully saturated rings. The molecule has 2 aromatic rings. The summed E-state index contributed by atoms with van der Waals surface area (Å²) in [6.45, 7) is 0.860. The number of hydrogen-bond donors (Lipinski definition) is 0. The van der Waals surface area contributed by atoms with Crippen LogP contribution >= 0.6 is 0 Å². The topological polar surface area (TPSA) is 48.3 Å². The van der Waals surface area contributed by atoms with Crippen molar-refractivity contribution in [2.45, 2.75) is 13.0 Å². The maximum atomic E-state index is 13.9.